The van der Waals surface area contributed by atoms with Crippen molar-refractivity contribution in [1.29, 1.82) is 0 Å². The Hall–Kier alpha value is -1.82. The Bertz CT molecular complexity index is 593. The summed E-state index contributed by atoms with van der Waals surface area (Å²) in [6, 6.07) is 2.31. The number of rotatable bonds is 5. The van der Waals surface area contributed by atoms with Crippen molar-refractivity contribution in [1.82, 2.24) is 20.3 Å². The summed E-state index contributed by atoms with van der Waals surface area (Å²) in [6.07, 6.45) is 1.55. The Morgan fingerprint density at radius 3 is 2.70 bits per heavy atom. The van der Waals surface area contributed by atoms with Crippen LogP contribution in [-0.4, -0.2) is 21.5 Å². The maximum Gasteiger partial charge on any atom is 0.149 e. The second-order valence-corrected chi connectivity index (χ2v) is 5.21. The molecule has 0 aliphatic rings. The van der Waals surface area contributed by atoms with E-state index in [9.17, 15) is 8.78 Å². The smallest absolute Gasteiger partial charge is 0.149 e. The first-order chi connectivity index (χ1) is 9.49. The van der Waals surface area contributed by atoms with Crippen LogP contribution in [0.1, 0.15) is 25.1 Å². The Morgan fingerprint density at radius 1 is 1.25 bits per heavy atom. The van der Waals surface area contributed by atoms with Crippen LogP contribution >= 0.6 is 0 Å². The lowest BCUT2D eigenvalue weighted by atomic mass is 10.2. The number of halogens is 2. The molecular formula is C14H18F2N4. The van der Waals surface area contributed by atoms with E-state index in [1.54, 1.807) is 6.20 Å². The zero-order valence-corrected chi connectivity index (χ0v) is 11.8. The largest absolute Gasteiger partial charge is 0.311 e. The van der Waals surface area contributed by atoms with Crippen LogP contribution in [0.5, 0.6) is 0 Å². The summed E-state index contributed by atoms with van der Waals surface area (Å²) in [6.45, 7) is 7.04. The van der Waals surface area contributed by atoms with Crippen molar-refractivity contribution in [2.75, 3.05) is 6.54 Å². The molecule has 2 rings (SSSR count). The molecule has 1 aromatic heterocycles. The minimum absolute atomic E-state index is 0.0759. The minimum Gasteiger partial charge on any atom is -0.311 e. The van der Waals surface area contributed by atoms with Gasteiger partial charge in [-0.1, -0.05) is 19.1 Å². The molecular weight excluding hydrogens is 262 g/mol. The predicted molar refractivity (Wildman–Crippen MR) is 72.6 cm³/mol. The molecule has 0 aliphatic carbocycles. The quantitative estimate of drug-likeness (QED) is 0.915. The summed E-state index contributed by atoms with van der Waals surface area (Å²) in [7, 11) is 0. The lowest BCUT2D eigenvalue weighted by molar-refractivity contribution is 0.536. The molecule has 6 heteroatoms. The highest BCUT2D eigenvalue weighted by molar-refractivity contribution is 5.37. The molecule has 0 atom stereocenters. The fourth-order valence-electron chi connectivity index (χ4n) is 1.87. The third kappa shape index (κ3) is 3.19. The summed E-state index contributed by atoms with van der Waals surface area (Å²) < 4.78 is 28.9. The SMILES string of the molecule is Cc1cc(F)c(-n2nncc2CNCC(C)C)cc1F. The van der Waals surface area contributed by atoms with Gasteiger partial charge in [0.05, 0.1) is 11.9 Å². The van der Waals surface area contributed by atoms with Gasteiger partial charge in [-0.05, 0) is 31.0 Å². The van der Waals surface area contributed by atoms with Gasteiger partial charge in [0.25, 0.3) is 0 Å². The van der Waals surface area contributed by atoms with E-state index in [0.29, 0.717) is 18.2 Å². The van der Waals surface area contributed by atoms with Gasteiger partial charge >= 0.3 is 0 Å². The highest BCUT2D eigenvalue weighted by Gasteiger charge is 2.13. The second-order valence-electron chi connectivity index (χ2n) is 5.21. The Balaban J connectivity index is 2.25. The molecule has 1 heterocycles. The van der Waals surface area contributed by atoms with Crippen LogP contribution < -0.4 is 5.32 Å². The van der Waals surface area contributed by atoms with E-state index < -0.39 is 11.6 Å². The Labute approximate surface area is 116 Å². The number of nitrogens with one attached hydrogen (secondary N) is 1. The van der Waals surface area contributed by atoms with Gasteiger partial charge in [-0.25, -0.2) is 13.5 Å². The molecule has 4 nitrogen and oxygen atoms in total. The average Bonchev–Trinajstić information content (AvgIpc) is 2.81. The lowest BCUT2D eigenvalue weighted by Crippen LogP contribution is -2.21. The number of hydrogen-bond acceptors (Lipinski definition) is 3. The van der Waals surface area contributed by atoms with Crippen LogP contribution in [0, 0.1) is 24.5 Å². The van der Waals surface area contributed by atoms with Crippen molar-refractivity contribution in [3.05, 3.63) is 41.2 Å². The van der Waals surface area contributed by atoms with E-state index in [2.05, 4.69) is 29.5 Å². The maximum absolute atomic E-state index is 13.9. The van der Waals surface area contributed by atoms with Crippen LogP contribution in [-0.2, 0) is 6.54 Å². The van der Waals surface area contributed by atoms with Crippen molar-refractivity contribution < 1.29 is 8.78 Å². The first-order valence-electron chi connectivity index (χ1n) is 6.55. The molecule has 1 N–H and O–H groups in total. The molecule has 108 valence electrons. The molecule has 2 aromatic rings. The van der Waals surface area contributed by atoms with E-state index >= 15 is 0 Å². The zero-order valence-electron chi connectivity index (χ0n) is 11.8. The topological polar surface area (TPSA) is 42.7 Å². The average molecular weight is 280 g/mol. The third-order valence-electron chi connectivity index (χ3n) is 2.93. The summed E-state index contributed by atoms with van der Waals surface area (Å²) in [5, 5.41) is 10.8. The maximum atomic E-state index is 13.9. The van der Waals surface area contributed by atoms with Crippen LogP contribution in [0.2, 0.25) is 0 Å². The third-order valence-corrected chi connectivity index (χ3v) is 2.93. The molecule has 0 unspecified atom stereocenters. The lowest BCUT2D eigenvalue weighted by Gasteiger charge is -2.10. The summed E-state index contributed by atoms with van der Waals surface area (Å²) in [4.78, 5) is 0. The molecule has 20 heavy (non-hydrogen) atoms. The molecule has 0 bridgehead atoms. The summed E-state index contributed by atoms with van der Waals surface area (Å²) >= 11 is 0. The van der Waals surface area contributed by atoms with Gasteiger partial charge in [-0.3, -0.25) is 0 Å². The normalized spacial score (nSPS) is 11.3. The highest BCUT2D eigenvalue weighted by atomic mass is 19.1. The van der Waals surface area contributed by atoms with Gasteiger partial charge in [0.2, 0.25) is 0 Å². The van der Waals surface area contributed by atoms with Gasteiger partial charge in [-0.15, -0.1) is 5.10 Å². The van der Waals surface area contributed by atoms with Gasteiger partial charge in [0.1, 0.15) is 17.3 Å². The number of benzene rings is 1. The first kappa shape index (κ1) is 14.6. The zero-order chi connectivity index (χ0) is 14.7. The van der Waals surface area contributed by atoms with E-state index in [0.717, 1.165) is 18.7 Å². The molecule has 0 amide bonds. The first-order valence-corrected chi connectivity index (χ1v) is 6.55. The van der Waals surface area contributed by atoms with Gasteiger partial charge < -0.3 is 5.32 Å². The van der Waals surface area contributed by atoms with E-state index in [1.807, 2.05) is 0 Å². The van der Waals surface area contributed by atoms with Crippen molar-refractivity contribution in [2.24, 2.45) is 5.92 Å². The summed E-state index contributed by atoms with van der Waals surface area (Å²) in [5.74, 6) is -0.467. The fourth-order valence-corrected chi connectivity index (χ4v) is 1.87. The van der Waals surface area contributed by atoms with Crippen LogP contribution in [0.15, 0.2) is 18.3 Å². The van der Waals surface area contributed by atoms with Gasteiger partial charge in [-0.2, -0.15) is 0 Å². The van der Waals surface area contributed by atoms with Gasteiger partial charge in [0, 0.05) is 12.6 Å². The molecule has 0 aliphatic heterocycles. The van der Waals surface area contributed by atoms with Gasteiger partial charge in [0.15, 0.2) is 0 Å². The Kier molecular flexibility index (Phi) is 4.44. The summed E-state index contributed by atoms with van der Waals surface area (Å²) in [5.41, 5.74) is 1.03. The minimum atomic E-state index is -0.514. The predicted octanol–water partition coefficient (Wildman–Crippen LogP) is 2.60. The van der Waals surface area contributed by atoms with Crippen molar-refractivity contribution >= 4 is 0 Å². The fraction of sp³-hybridized carbons (Fsp3) is 0.429. The van der Waals surface area contributed by atoms with Crippen molar-refractivity contribution in [3.8, 4) is 5.69 Å². The monoisotopic (exact) mass is 280 g/mol. The Morgan fingerprint density at radius 2 is 2.00 bits per heavy atom. The van der Waals surface area contributed by atoms with Crippen molar-refractivity contribution in [2.45, 2.75) is 27.3 Å². The second kappa shape index (κ2) is 6.09. The molecule has 0 saturated carbocycles. The molecule has 1 aromatic carbocycles. The molecule has 0 spiro atoms. The highest BCUT2D eigenvalue weighted by Crippen LogP contribution is 2.18. The van der Waals surface area contributed by atoms with E-state index in [1.165, 1.54) is 11.6 Å². The van der Waals surface area contributed by atoms with Crippen molar-refractivity contribution in [3.63, 3.8) is 0 Å². The number of aromatic nitrogens is 3. The molecule has 0 saturated heterocycles. The van der Waals surface area contributed by atoms with E-state index in [-0.39, 0.29) is 11.3 Å². The van der Waals surface area contributed by atoms with Crippen LogP contribution in [0.4, 0.5) is 8.78 Å². The number of hydrogen-bond donors (Lipinski definition) is 1. The molecule has 0 radical (unpaired) electrons. The standard InChI is InChI=1S/C14H18F2N4/c1-9(2)6-17-7-11-8-18-19-20(11)14-5-12(15)10(3)4-13(14)16/h4-5,8-9,17H,6-7H2,1-3H3. The number of nitrogens with zero attached hydrogens (tertiary/aromatic N) is 3. The van der Waals surface area contributed by atoms with Crippen LogP contribution in [0.25, 0.3) is 5.69 Å². The number of aryl methyl sites for hydroxylation is 1. The van der Waals surface area contributed by atoms with E-state index in [4.69, 9.17) is 0 Å². The van der Waals surface area contributed by atoms with Crippen LogP contribution in [0.3, 0.4) is 0 Å². The molecule has 0 fully saturated rings.